The minimum atomic E-state index is -0.502. The Kier molecular flexibility index (Phi) is 6.82. The summed E-state index contributed by atoms with van der Waals surface area (Å²) in [5, 5.41) is 5.80. The summed E-state index contributed by atoms with van der Waals surface area (Å²) in [7, 11) is 0. The molecule has 0 unspecified atom stereocenters. The molecule has 34 heavy (non-hydrogen) atoms. The van der Waals surface area contributed by atoms with Crippen LogP contribution in [-0.2, 0) is 11.3 Å². The molecule has 4 rings (SSSR count). The van der Waals surface area contributed by atoms with Crippen molar-refractivity contribution in [3.63, 3.8) is 0 Å². The number of carbonyl (C=O) groups excluding carboxylic acids is 3. The molecule has 0 saturated heterocycles. The van der Waals surface area contributed by atoms with Gasteiger partial charge < -0.3 is 16.4 Å². The van der Waals surface area contributed by atoms with Gasteiger partial charge in [-0.1, -0.05) is 36.4 Å². The smallest absolute Gasteiger partial charge is 0.252 e. The first kappa shape index (κ1) is 22.9. The highest BCUT2D eigenvalue weighted by atomic mass is 19.1. The number of nitrogens with one attached hydrogen (secondary N) is 2. The highest BCUT2D eigenvalue weighted by molar-refractivity contribution is 6.24. The molecule has 1 aliphatic rings. The maximum Gasteiger partial charge on any atom is 0.252 e. The van der Waals surface area contributed by atoms with E-state index in [1.165, 1.54) is 12.1 Å². The Morgan fingerprint density at radius 2 is 1.44 bits per heavy atom. The van der Waals surface area contributed by atoms with E-state index in [-0.39, 0.29) is 23.7 Å². The van der Waals surface area contributed by atoms with Crippen LogP contribution in [-0.4, -0.2) is 23.8 Å². The molecule has 4 N–H and O–H groups in total. The van der Waals surface area contributed by atoms with Gasteiger partial charge >= 0.3 is 0 Å². The van der Waals surface area contributed by atoms with Crippen molar-refractivity contribution in [2.75, 3.05) is 0 Å². The zero-order chi connectivity index (χ0) is 24.1. The number of rotatable bonds is 8. The molecule has 3 aromatic rings. The molecule has 1 aliphatic carbocycles. The van der Waals surface area contributed by atoms with Crippen molar-refractivity contribution in [3.05, 3.63) is 106 Å². The van der Waals surface area contributed by atoms with Gasteiger partial charge in [0.05, 0.1) is 0 Å². The summed E-state index contributed by atoms with van der Waals surface area (Å²) in [6.07, 6.45) is 3.65. The minimum Gasteiger partial charge on any atom is -0.366 e. The van der Waals surface area contributed by atoms with Crippen molar-refractivity contribution in [1.29, 1.82) is 0 Å². The predicted octanol–water partition coefficient (Wildman–Crippen LogP) is 3.67. The van der Waals surface area contributed by atoms with Crippen LogP contribution in [0, 0.1) is 5.82 Å². The molecule has 0 bridgehead atoms. The molecule has 6 nitrogen and oxygen atoms in total. The van der Waals surface area contributed by atoms with Gasteiger partial charge in [0.2, 0.25) is 5.91 Å². The SMILES string of the molecule is NC(=O)c1ccc(CNC(=O)c2ccc(/C=C(/C(=O)NC3CC3)c3ccc(F)cc3)cc2)cc1. The van der Waals surface area contributed by atoms with Crippen LogP contribution in [0.2, 0.25) is 0 Å². The van der Waals surface area contributed by atoms with Gasteiger partial charge in [0, 0.05) is 29.3 Å². The number of hydrogen-bond acceptors (Lipinski definition) is 3. The van der Waals surface area contributed by atoms with E-state index in [1.54, 1.807) is 66.7 Å². The van der Waals surface area contributed by atoms with Gasteiger partial charge in [0.25, 0.3) is 11.8 Å². The third-order valence-electron chi connectivity index (χ3n) is 5.49. The fourth-order valence-corrected chi connectivity index (χ4v) is 3.37. The first-order chi connectivity index (χ1) is 16.4. The maximum atomic E-state index is 13.4. The molecule has 0 aliphatic heterocycles. The average Bonchev–Trinajstić information content (AvgIpc) is 3.66. The summed E-state index contributed by atoms with van der Waals surface area (Å²) in [5.74, 6) is -1.33. The number of amides is 3. The number of primary amides is 1. The molecular formula is C27H24FN3O3. The van der Waals surface area contributed by atoms with E-state index in [9.17, 15) is 18.8 Å². The molecule has 0 atom stereocenters. The summed E-state index contributed by atoms with van der Waals surface area (Å²) in [6, 6.07) is 19.5. The Bertz CT molecular complexity index is 1230. The van der Waals surface area contributed by atoms with Crippen molar-refractivity contribution in [2.24, 2.45) is 5.73 Å². The van der Waals surface area contributed by atoms with Gasteiger partial charge in [-0.2, -0.15) is 0 Å². The molecule has 0 radical (unpaired) electrons. The second-order valence-electron chi connectivity index (χ2n) is 8.18. The highest BCUT2D eigenvalue weighted by Crippen LogP contribution is 2.24. The van der Waals surface area contributed by atoms with Crippen molar-refractivity contribution in [1.82, 2.24) is 10.6 Å². The first-order valence-electron chi connectivity index (χ1n) is 10.9. The lowest BCUT2D eigenvalue weighted by Gasteiger charge is -2.10. The van der Waals surface area contributed by atoms with Crippen LogP contribution >= 0.6 is 0 Å². The fourth-order valence-electron chi connectivity index (χ4n) is 3.37. The van der Waals surface area contributed by atoms with Gasteiger partial charge in [0.1, 0.15) is 5.82 Å². The average molecular weight is 458 g/mol. The second-order valence-corrected chi connectivity index (χ2v) is 8.18. The van der Waals surface area contributed by atoms with Gasteiger partial charge in [-0.25, -0.2) is 4.39 Å². The molecule has 0 heterocycles. The van der Waals surface area contributed by atoms with E-state index < -0.39 is 5.91 Å². The van der Waals surface area contributed by atoms with E-state index in [2.05, 4.69) is 10.6 Å². The molecular weight excluding hydrogens is 433 g/mol. The van der Waals surface area contributed by atoms with Crippen LogP contribution in [0.15, 0.2) is 72.8 Å². The second kappa shape index (κ2) is 10.1. The lowest BCUT2D eigenvalue weighted by Crippen LogP contribution is -2.26. The zero-order valence-corrected chi connectivity index (χ0v) is 18.4. The molecule has 172 valence electrons. The van der Waals surface area contributed by atoms with Gasteiger partial charge in [-0.15, -0.1) is 0 Å². The quantitative estimate of drug-likeness (QED) is 0.355. The molecule has 1 fully saturated rings. The third kappa shape index (κ3) is 5.95. The Hall–Kier alpha value is -4.26. The minimum absolute atomic E-state index is 0.189. The van der Waals surface area contributed by atoms with Crippen LogP contribution in [0.25, 0.3) is 11.6 Å². The molecule has 0 spiro atoms. The summed E-state index contributed by atoms with van der Waals surface area (Å²) in [5.41, 5.74) is 8.73. The topological polar surface area (TPSA) is 101 Å². The Morgan fingerprint density at radius 3 is 2.03 bits per heavy atom. The van der Waals surface area contributed by atoms with E-state index in [0.29, 0.717) is 28.8 Å². The Labute approximate surface area is 196 Å². The molecule has 0 aromatic heterocycles. The number of benzene rings is 3. The van der Waals surface area contributed by atoms with Crippen molar-refractivity contribution >= 4 is 29.4 Å². The maximum absolute atomic E-state index is 13.4. The number of nitrogens with two attached hydrogens (primary N) is 1. The van der Waals surface area contributed by atoms with Gasteiger partial charge in [-0.05, 0) is 72.0 Å². The van der Waals surface area contributed by atoms with Crippen molar-refractivity contribution in [3.8, 4) is 0 Å². The molecule has 3 amide bonds. The van der Waals surface area contributed by atoms with Crippen LogP contribution in [0.4, 0.5) is 4.39 Å². The largest absolute Gasteiger partial charge is 0.366 e. The standard InChI is InChI=1S/C27H24FN3O3/c28-22-11-9-19(10-12-22)24(27(34)31-23-13-14-23)15-17-1-7-21(8-2-17)26(33)30-16-18-3-5-20(6-4-18)25(29)32/h1-12,15,23H,13-14,16H2,(H2,29,32)(H,30,33)(H,31,34)/b24-15+. The van der Waals surface area contributed by atoms with E-state index >= 15 is 0 Å². The zero-order valence-electron chi connectivity index (χ0n) is 18.4. The number of carbonyl (C=O) groups is 3. The van der Waals surface area contributed by atoms with Crippen LogP contribution in [0.3, 0.4) is 0 Å². The van der Waals surface area contributed by atoms with E-state index in [4.69, 9.17) is 5.73 Å². The Morgan fingerprint density at radius 1 is 0.853 bits per heavy atom. The van der Waals surface area contributed by atoms with Gasteiger partial charge in [-0.3, -0.25) is 14.4 Å². The number of hydrogen-bond donors (Lipinski definition) is 3. The third-order valence-corrected chi connectivity index (χ3v) is 5.49. The normalized spacial score (nSPS) is 13.3. The molecule has 1 saturated carbocycles. The monoisotopic (exact) mass is 457 g/mol. The van der Waals surface area contributed by atoms with Crippen LogP contribution in [0.1, 0.15) is 50.2 Å². The Balaban J connectivity index is 1.45. The highest BCUT2D eigenvalue weighted by Gasteiger charge is 2.25. The number of halogens is 1. The van der Waals surface area contributed by atoms with Crippen molar-refractivity contribution < 1.29 is 18.8 Å². The van der Waals surface area contributed by atoms with E-state index in [0.717, 1.165) is 24.0 Å². The van der Waals surface area contributed by atoms with Gasteiger partial charge in [0.15, 0.2) is 0 Å². The van der Waals surface area contributed by atoms with Crippen LogP contribution in [0.5, 0.6) is 0 Å². The summed E-state index contributed by atoms with van der Waals surface area (Å²) >= 11 is 0. The first-order valence-corrected chi connectivity index (χ1v) is 10.9. The van der Waals surface area contributed by atoms with E-state index in [1.807, 2.05) is 0 Å². The van der Waals surface area contributed by atoms with Crippen molar-refractivity contribution in [2.45, 2.75) is 25.4 Å². The molecule has 7 heteroatoms. The molecule has 3 aromatic carbocycles. The predicted molar refractivity (Wildman–Crippen MR) is 128 cm³/mol. The summed E-state index contributed by atoms with van der Waals surface area (Å²) < 4.78 is 13.4. The lowest BCUT2D eigenvalue weighted by atomic mass is 10.0. The van der Waals surface area contributed by atoms with Crippen LogP contribution < -0.4 is 16.4 Å². The fraction of sp³-hybridized carbons (Fsp3) is 0.148. The lowest BCUT2D eigenvalue weighted by molar-refractivity contribution is -0.115. The summed E-state index contributed by atoms with van der Waals surface area (Å²) in [6.45, 7) is 0.301. The summed E-state index contributed by atoms with van der Waals surface area (Å²) in [4.78, 5) is 36.4.